The molecule has 4 aromatic heterocycles. The number of hydrogen-bond acceptors (Lipinski definition) is 7. The van der Waals surface area contributed by atoms with Gasteiger partial charge < -0.3 is 10.8 Å². The highest BCUT2D eigenvalue weighted by Gasteiger charge is 2.45. The van der Waals surface area contributed by atoms with Gasteiger partial charge in [-0.05, 0) is 18.9 Å². The maximum absolute atomic E-state index is 9.68. The van der Waals surface area contributed by atoms with Crippen LogP contribution in [0.4, 0.5) is 0 Å². The number of aliphatic hydroxyl groups is 1. The van der Waals surface area contributed by atoms with Crippen molar-refractivity contribution in [3.05, 3.63) is 42.7 Å². The fourth-order valence-corrected chi connectivity index (χ4v) is 4.31. The van der Waals surface area contributed by atoms with Crippen molar-refractivity contribution in [3.63, 3.8) is 0 Å². The first-order valence-corrected chi connectivity index (χ1v) is 9.69. The fourth-order valence-electron chi connectivity index (χ4n) is 4.31. The van der Waals surface area contributed by atoms with Crippen LogP contribution in [0, 0.1) is 11.3 Å². The topological polar surface area (TPSA) is 136 Å². The van der Waals surface area contributed by atoms with Crippen LogP contribution in [0.3, 0.4) is 0 Å². The van der Waals surface area contributed by atoms with Gasteiger partial charge in [-0.25, -0.2) is 9.50 Å². The van der Waals surface area contributed by atoms with Crippen molar-refractivity contribution in [3.8, 4) is 28.6 Å². The first-order valence-electron chi connectivity index (χ1n) is 9.69. The van der Waals surface area contributed by atoms with E-state index in [-0.39, 0.29) is 18.2 Å². The number of nitrogens with zero attached hydrogens (tertiary/aromatic N) is 8. The minimum atomic E-state index is -0.353. The average Bonchev–Trinajstić information content (AvgIpc) is 3.44. The smallest absolute Gasteiger partial charge is 0.0999 e. The van der Waals surface area contributed by atoms with Gasteiger partial charge in [0.15, 0.2) is 0 Å². The van der Waals surface area contributed by atoms with Gasteiger partial charge in [0.1, 0.15) is 0 Å². The Morgan fingerprint density at radius 3 is 2.87 bits per heavy atom. The van der Waals surface area contributed by atoms with E-state index in [4.69, 9.17) is 10.7 Å². The molecule has 0 amide bonds. The zero-order valence-electron chi connectivity index (χ0n) is 16.5. The van der Waals surface area contributed by atoms with Gasteiger partial charge in [-0.2, -0.15) is 20.6 Å². The summed E-state index contributed by atoms with van der Waals surface area (Å²) in [6.45, 7) is -0.181. The third-order valence-corrected chi connectivity index (χ3v) is 5.76. The van der Waals surface area contributed by atoms with Gasteiger partial charge in [-0.15, -0.1) is 0 Å². The zero-order valence-corrected chi connectivity index (χ0v) is 16.5. The Morgan fingerprint density at radius 1 is 1.30 bits per heavy atom. The highest BCUT2D eigenvalue weighted by Crippen LogP contribution is 2.41. The van der Waals surface area contributed by atoms with E-state index in [0.717, 1.165) is 35.2 Å². The molecule has 0 bridgehead atoms. The molecular weight excluding hydrogens is 382 g/mol. The fraction of sp³-hybridized carbons (Fsp3) is 0.350. The minimum Gasteiger partial charge on any atom is -0.390 e. The predicted octanol–water partition coefficient (Wildman–Crippen LogP) is 1.22. The molecule has 10 heteroatoms. The number of aliphatic hydroxyl groups excluding tert-OH is 1. The van der Waals surface area contributed by atoms with Crippen LogP contribution in [0.2, 0.25) is 0 Å². The molecule has 0 radical (unpaired) electrons. The molecule has 4 aromatic rings. The van der Waals surface area contributed by atoms with E-state index in [1.807, 2.05) is 29.3 Å². The lowest BCUT2D eigenvalue weighted by Gasteiger charge is -2.44. The monoisotopic (exact) mass is 403 g/mol. The summed E-state index contributed by atoms with van der Waals surface area (Å²) in [7, 11) is 1.80. The second-order valence-corrected chi connectivity index (χ2v) is 7.86. The zero-order chi connectivity index (χ0) is 20.9. The van der Waals surface area contributed by atoms with Crippen molar-refractivity contribution in [2.75, 3.05) is 0 Å². The summed E-state index contributed by atoms with van der Waals surface area (Å²) >= 11 is 0. The van der Waals surface area contributed by atoms with E-state index in [1.165, 1.54) is 0 Å². The van der Waals surface area contributed by atoms with Crippen LogP contribution in [0.5, 0.6) is 0 Å². The van der Waals surface area contributed by atoms with Crippen molar-refractivity contribution in [2.24, 2.45) is 12.8 Å². The van der Waals surface area contributed by atoms with Crippen LogP contribution in [0.15, 0.2) is 37.1 Å². The Hall–Kier alpha value is -3.55. The second kappa shape index (κ2) is 6.76. The first-order chi connectivity index (χ1) is 14.5. The van der Waals surface area contributed by atoms with E-state index in [0.29, 0.717) is 17.8 Å². The Bertz CT molecular complexity index is 1270. The summed E-state index contributed by atoms with van der Waals surface area (Å²) in [6, 6.07) is 4.26. The molecule has 4 heterocycles. The lowest BCUT2D eigenvalue weighted by molar-refractivity contribution is 0.103. The molecular formula is C20H21N9O. The molecule has 152 valence electrons. The van der Waals surface area contributed by atoms with Gasteiger partial charge in [0, 0.05) is 36.6 Å². The summed E-state index contributed by atoms with van der Waals surface area (Å²) in [6.07, 6.45) is 10.9. The average molecular weight is 403 g/mol. The van der Waals surface area contributed by atoms with Gasteiger partial charge in [0.25, 0.3) is 0 Å². The number of aryl methyl sites for hydroxylation is 1. The molecule has 1 fully saturated rings. The molecule has 1 aliphatic rings. The first kappa shape index (κ1) is 18.5. The number of nitrogens with two attached hydrogens (primary N) is 1. The normalized spacial score (nSPS) is 20.9. The molecule has 10 nitrogen and oxygen atoms in total. The van der Waals surface area contributed by atoms with E-state index in [2.05, 4.69) is 21.4 Å². The van der Waals surface area contributed by atoms with Gasteiger partial charge in [-0.1, -0.05) is 0 Å². The Kier molecular flexibility index (Phi) is 4.16. The molecule has 0 aromatic carbocycles. The Labute approximate surface area is 172 Å². The van der Waals surface area contributed by atoms with E-state index in [9.17, 15) is 10.4 Å². The highest BCUT2D eigenvalue weighted by molar-refractivity contribution is 5.78. The lowest BCUT2D eigenvalue weighted by atomic mass is 9.71. The standard InChI is InChI=1S/C20H21N9O/c1-27-10-15(17(12-30)26-27)16-11-28-18(2-5-23-28)19(25-16)13-8-24-29(9-13)20(3-4-21)6-14(22)7-20/h2,5,8-11,14,30H,3,6-7,12,22H2,1H3. The van der Waals surface area contributed by atoms with Crippen molar-refractivity contribution in [2.45, 2.75) is 37.5 Å². The predicted molar refractivity (Wildman–Crippen MR) is 108 cm³/mol. The molecule has 0 unspecified atom stereocenters. The number of rotatable bonds is 5. The maximum Gasteiger partial charge on any atom is 0.0999 e. The third kappa shape index (κ3) is 2.79. The van der Waals surface area contributed by atoms with E-state index in [1.54, 1.807) is 28.6 Å². The summed E-state index contributed by atoms with van der Waals surface area (Å²) in [5, 5.41) is 32.2. The maximum atomic E-state index is 9.68. The van der Waals surface area contributed by atoms with Gasteiger partial charge in [-0.3, -0.25) is 9.36 Å². The largest absolute Gasteiger partial charge is 0.390 e. The molecule has 3 N–H and O–H groups in total. The molecule has 1 saturated carbocycles. The molecule has 5 rings (SSSR count). The van der Waals surface area contributed by atoms with Crippen LogP contribution in [-0.4, -0.2) is 45.3 Å². The molecule has 1 aliphatic carbocycles. The summed E-state index contributed by atoms with van der Waals surface area (Å²) in [4.78, 5) is 4.87. The molecule has 30 heavy (non-hydrogen) atoms. The van der Waals surface area contributed by atoms with Gasteiger partial charge in [0.05, 0.1) is 65.8 Å². The van der Waals surface area contributed by atoms with Crippen molar-refractivity contribution >= 4 is 5.52 Å². The van der Waals surface area contributed by atoms with Crippen molar-refractivity contribution in [1.82, 2.24) is 34.2 Å². The second-order valence-electron chi connectivity index (χ2n) is 7.86. The quantitative estimate of drug-likeness (QED) is 0.511. The van der Waals surface area contributed by atoms with Gasteiger partial charge in [0.2, 0.25) is 0 Å². The highest BCUT2D eigenvalue weighted by atomic mass is 16.3. The van der Waals surface area contributed by atoms with Crippen molar-refractivity contribution < 1.29 is 5.11 Å². The number of hydrogen-bond donors (Lipinski definition) is 2. The lowest BCUT2D eigenvalue weighted by Crippen LogP contribution is -2.53. The third-order valence-electron chi connectivity index (χ3n) is 5.76. The summed E-state index contributed by atoms with van der Waals surface area (Å²) in [5.41, 5.74) is 10.0. The number of nitriles is 1. The SMILES string of the molecule is Cn1cc(-c2cn3nccc3c(-c3cnn(C4(CC#N)CC(N)C4)c3)n2)c(CO)n1. The number of fused-ring (bicyclic) bond motifs is 1. The van der Waals surface area contributed by atoms with Crippen molar-refractivity contribution in [1.29, 1.82) is 5.26 Å². The Balaban J connectivity index is 1.62. The summed E-state index contributed by atoms with van der Waals surface area (Å²) in [5.74, 6) is 0. The Morgan fingerprint density at radius 2 is 2.13 bits per heavy atom. The summed E-state index contributed by atoms with van der Waals surface area (Å²) < 4.78 is 5.27. The van der Waals surface area contributed by atoms with Crippen LogP contribution in [0.1, 0.15) is 25.0 Å². The molecule has 0 atom stereocenters. The van der Waals surface area contributed by atoms with Crippen LogP contribution in [-0.2, 0) is 19.2 Å². The minimum absolute atomic E-state index is 0.0940. The van der Waals surface area contributed by atoms with Crippen LogP contribution < -0.4 is 5.73 Å². The van der Waals surface area contributed by atoms with Crippen LogP contribution >= 0.6 is 0 Å². The molecule has 0 spiro atoms. The van der Waals surface area contributed by atoms with E-state index >= 15 is 0 Å². The van der Waals surface area contributed by atoms with Crippen LogP contribution in [0.25, 0.3) is 28.0 Å². The molecule has 0 aliphatic heterocycles. The number of aromatic nitrogens is 7. The molecule has 0 saturated heterocycles. The van der Waals surface area contributed by atoms with E-state index < -0.39 is 0 Å². The van der Waals surface area contributed by atoms with Gasteiger partial charge >= 0.3 is 0 Å².